The number of halogens is 2. The fraction of sp³-hybridized carbons (Fsp3) is 0.346. The molecular weight excluding hydrogens is 450 g/mol. The van der Waals surface area contributed by atoms with Gasteiger partial charge in [-0.3, -0.25) is 5.10 Å². The van der Waals surface area contributed by atoms with Crippen LogP contribution in [0.15, 0.2) is 42.5 Å². The first-order valence-electron chi connectivity index (χ1n) is 11.7. The van der Waals surface area contributed by atoms with Gasteiger partial charge in [0.1, 0.15) is 23.2 Å². The van der Waals surface area contributed by atoms with Gasteiger partial charge < -0.3 is 5.11 Å². The fourth-order valence-corrected chi connectivity index (χ4v) is 6.18. The Kier molecular flexibility index (Phi) is 4.83. The molecular formula is C26H24F2N6O. The molecule has 178 valence electrons. The van der Waals surface area contributed by atoms with Crippen LogP contribution >= 0.6 is 0 Å². The maximum atomic E-state index is 14.5. The molecule has 9 heteroatoms. The maximum absolute atomic E-state index is 14.5. The van der Waals surface area contributed by atoms with Crippen LogP contribution in [0.2, 0.25) is 0 Å². The SMILES string of the molecule is CC1(C)[C@H]2CC[C@]1(c1cccc(-c3n[nH]c(CCO)n3)n1)c1nnc(-c3c(F)cccc3F)cc12. The zero-order chi connectivity index (χ0) is 24.4. The van der Waals surface area contributed by atoms with E-state index in [2.05, 4.69) is 39.2 Å². The number of aromatic amines is 1. The fourth-order valence-electron chi connectivity index (χ4n) is 6.18. The monoisotopic (exact) mass is 474 g/mol. The van der Waals surface area contributed by atoms with Gasteiger partial charge in [-0.25, -0.2) is 18.7 Å². The van der Waals surface area contributed by atoms with Gasteiger partial charge in [0.05, 0.1) is 34.7 Å². The van der Waals surface area contributed by atoms with E-state index in [0.29, 0.717) is 23.8 Å². The van der Waals surface area contributed by atoms with Crippen molar-refractivity contribution >= 4 is 0 Å². The number of pyridine rings is 1. The largest absolute Gasteiger partial charge is 0.396 e. The van der Waals surface area contributed by atoms with Crippen molar-refractivity contribution in [2.45, 2.75) is 44.4 Å². The molecule has 7 nitrogen and oxygen atoms in total. The van der Waals surface area contributed by atoms with Crippen LogP contribution in [0.3, 0.4) is 0 Å². The number of nitrogens with zero attached hydrogens (tertiary/aromatic N) is 5. The minimum Gasteiger partial charge on any atom is -0.396 e. The molecule has 2 atom stereocenters. The van der Waals surface area contributed by atoms with Crippen LogP contribution in [0.5, 0.6) is 0 Å². The second kappa shape index (κ2) is 7.71. The third-order valence-corrected chi connectivity index (χ3v) is 7.90. The number of hydrogen-bond donors (Lipinski definition) is 2. The smallest absolute Gasteiger partial charge is 0.199 e. The molecule has 0 radical (unpaired) electrons. The van der Waals surface area contributed by atoms with Crippen molar-refractivity contribution < 1.29 is 13.9 Å². The highest BCUT2D eigenvalue weighted by Crippen LogP contribution is 2.69. The Bertz CT molecular complexity index is 1430. The van der Waals surface area contributed by atoms with Crippen LogP contribution in [0.25, 0.3) is 22.8 Å². The summed E-state index contributed by atoms with van der Waals surface area (Å²) in [6.45, 7) is 4.39. The van der Waals surface area contributed by atoms with Crippen molar-refractivity contribution in [3.8, 4) is 22.8 Å². The number of aromatic nitrogens is 6. The Labute approximate surface area is 200 Å². The molecule has 35 heavy (non-hydrogen) atoms. The minimum atomic E-state index is -0.655. The Morgan fingerprint density at radius 3 is 2.57 bits per heavy atom. The quantitative estimate of drug-likeness (QED) is 0.446. The molecule has 4 aromatic rings. The van der Waals surface area contributed by atoms with Crippen molar-refractivity contribution in [1.82, 2.24) is 30.4 Å². The first kappa shape index (κ1) is 21.9. The van der Waals surface area contributed by atoms with Gasteiger partial charge in [0, 0.05) is 6.42 Å². The molecule has 2 N–H and O–H groups in total. The molecule has 0 unspecified atom stereocenters. The van der Waals surface area contributed by atoms with Crippen LogP contribution in [0, 0.1) is 17.0 Å². The number of aliphatic hydroxyl groups is 1. The number of rotatable bonds is 5. The van der Waals surface area contributed by atoms with Crippen molar-refractivity contribution in [3.63, 3.8) is 0 Å². The number of aliphatic hydroxyl groups excluding tert-OH is 1. The van der Waals surface area contributed by atoms with Gasteiger partial charge in [0.2, 0.25) is 0 Å². The Morgan fingerprint density at radius 1 is 1.03 bits per heavy atom. The van der Waals surface area contributed by atoms with Gasteiger partial charge >= 0.3 is 0 Å². The van der Waals surface area contributed by atoms with Gasteiger partial charge in [-0.2, -0.15) is 10.2 Å². The van der Waals surface area contributed by atoms with Crippen molar-refractivity contribution in [2.75, 3.05) is 6.61 Å². The summed E-state index contributed by atoms with van der Waals surface area (Å²) in [4.78, 5) is 9.43. The third kappa shape index (κ3) is 3.00. The van der Waals surface area contributed by atoms with E-state index in [-0.39, 0.29) is 29.2 Å². The van der Waals surface area contributed by atoms with E-state index < -0.39 is 17.0 Å². The average molecular weight is 475 g/mol. The Balaban J connectivity index is 1.48. The van der Waals surface area contributed by atoms with E-state index >= 15 is 0 Å². The summed E-state index contributed by atoms with van der Waals surface area (Å²) in [5.41, 5.74) is 2.61. The van der Waals surface area contributed by atoms with Crippen LogP contribution in [-0.4, -0.2) is 42.1 Å². The van der Waals surface area contributed by atoms with E-state index in [1.165, 1.54) is 18.2 Å². The van der Waals surface area contributed by atoms with Crippen molar-refractivity contribution in [1.29, 1.82) is 0 Å². The summed E-state index contributed by atoms with van der Waals surface area (Å²) >= 11 is 0. The lowest BCUT2D eigenvalue weighted by Gasteiger charge is -2.37. The molecule has 6 rings (SSSR count). The van der Waals surface area contributed by atoms with E-state index in [0.717, 1.165) is 29.8 Å². The molecule has 3 heterocycles. The lowest BCUT2D eigenvalue weighted by molar-refractivity contribution is 0.243. The molecule has 2 aliphatic rings. The topological polar surface area (TPSA) is 100 Å². The van der Waals surface area contributed by atoms with Crippen LogP contribution in [-0.2, 0) is 11.8 Å². The number of nitrogens with one attached hydrogen (secondary N) is 1. The number of benzene rings is 1. The third-order valence-electron chi connectivity index (χ3n) is 7.90. The second-order valence-electron chi connectivity index (χ2n) is 9.84. The first-order valence-corrected chi connectivity index (χ1v) is 11.7. The van der Waals surface area contributed by atoms with Crippen LogP contribution in [0.1, 0.15) is 55.4 Å². The summed E-state index contributed by atoms with van der Waals surface area (Å²) in [5.74, 6) is -0.0878. The normalized spacial score (nSPS) is 21.9. The summed E-state index contributed by atoms with van der Waals surface area (Å²) in [6.07, 6.45) is 2.15. The molecule has 0 amide bonds. The van der Waals surface area contributed by atoms with Gasteiger partial charge in [-0.05, 0) is 60.1 Å². The predicted molar refractivity (Wildman–Crippen MR) is 124 cm³/mol. The maximum Gasteiger partial charge on any atom is 0.199 e. The molecule has 3 aromatic heterocycles. The predicted octanol–water partition coefficient (Wildman–Crippen LogP) is 4.34. The summed E-state index contributed by atoms with van der Waals surface area (Å²) in [7, 11) is 0. The van der Waals surface area contributed by atoms with E-state index in [4.69, 9.17) is 4.98 Å². The number of hydrogen-bond acceptors (Lipinski definition) is 6. The number of H-pyrrole nitrogens is 1. The molecule has 0 saturated heterocycles. The van der Waals surface area contributed by atoms with Crippen LogP contribution in [0.4, 0.5) is 8.78 Å². The summed E-state index contributed by atoms with van der Waals surface area (Å²) < 4.78 is 29.0. The van der Waals surface area contributed by atoms with Crippen LogP contribution < -0.4 is 0 Å². The summed E-state index contributed by atoms with van der Waals surface area (Å²) in [5, 5.41) is 25.2. The zero-order valence-corrected chi connectivity index (χ0v) is 19.4. The highest BCUT2D eigenvalue weighted by Gasteiger charge is 2.65. The van der Waals surface area contributed by atoms with Gasteiger partial charge in [0.25, 0.3) is 0 Å². The molecule has 2 aliphatic carbocycles. The second-order valence-corrected chi connectivity index (χ2v) is 9.84. The Morgan fingerprint density at radius 2 is 1.80 bits per heavy atom. The standard InChI is InChI=1S/C26H24F2N6O/c1-25(2)15-9-11-26(25,20-8-4-7-18(29-20)24-30-21(10-12-35)32-34-24)23-14(15)13-19(31-33-23)22-16(27)5-3-6-17(22)28/h3-8,13,15,35H,9-12H2,1-2H3,(H,30,32,34)/t15-,26-/m0/s1. The molecule has 1 saturated carbocycles. The highest BCUT2D eigenvalue weighted by atomic mass is 19.1. The van der Waals surface area contributed by atoms with Crippen molar-refractivity contribution in [2.24, 2.45) is 5.41 Å². The molecule has 1 fully saturated rings. The molecule has 0 spiro atoms. The van der Waals surface area contributed by atoms with Gasteiger partial charge in [-0.1, -0.05) is 26.0 Å². The van der Waals surface area contributed by atoms with E-state index in [1.807, 2.05) is 18.2 Å². The van der Waals surface area contributed by atoms with E-state index in [9.17, 15) is 13.9 Å². The molecule has 1 aromatic carbocycles. The molecule has 0 aliphatic heterocycles. The van der Waals surface area contributed by atoms with Gasteiger partial charge in [-0.15, -0.1) is 5.10 Å². The average Bonchev–Trinajstić information content (AvgIpc) is 3.47. The van der Waals surface area contributed by atoms with Gasteiger partial charge in [0.15, 0.2) is 5.82 Å². The van der Waals surface area contributed by atoms with Crippen molar-refractivity contribution in [3.05, 3.63) is 76.9 Å². The lowest BCUT2D eigenvalue weighted by Crippen LogP contribution is -2.37. The Hall–Kier alpha value is -3.59. The lowest BCUT2D eigenvalue weighted by atomic mass is 9.66. The zero-order valence-electron chi connectivity index (χ0n) is 19.4. The molecule has 2 bridgehead atoms. The summed E-state index contributed by atoms with van der Waals surface area (Å²) in [6, 6.07) is 11.4. The van der Waals surface area contributed by atoms with E-state index in [1.54, 1.807) is 6.07 Å². The first-order chi connectivity index (χ1) is 16.9. The number of fused-ring (bicyclic) bond motifs is 5. The highest BCUT2D eigenvalue weighted by molar-refractivity contribution is 5.64. The minimum absolute atomic E-state index is 0.0188.